The van der Waals surface area contributed by atoms with E-state index in [1.807, 2.05) is 48.5 Å². The Hall–Kier alpha value is -1.85. The van der Waals surface area contributed by atoms with Crippen molar-refractivity contribution in [1.29, 1.82) is 0 Å². The van der Waals surface area contributed by atoms with Gasteiger partial charge in [0.1, 0.15) is 0 Å². The van der Waals surface area contributed by atoms with E-state index in [9.17, 15) is 4.79 Å². The molecule has 0 aliphatic carbocycles. The Bertz CT molecular complexity index is 599. The summed E-state index contributed by atoms with van der Waals surface area (Å²) < 4.78 is 0.921. The first-order valence-electron chi connectivity index (χ1n) is 6.66. The highest BCUT2D eigenvalue weighted by atomic mass is 79.9. The van der Waals surface area contributed by atoms with Crippen LogP contribution >= 0.6 is 15.9 Å². The lowest BCUT2D eigenvalue weighted by atomic mass is 10.1. The highest BCUT2D eigenvalue weighted by molar-refractivity contribution is 9.10. The number of carbonyl (C=O) groups excluding carboxylic acids is 1. The van der Waals surface area contributed by atoms with Gasteiger partial charge in [-0.3, -0.25) is 0 Å². The normalized spacial score (nSPS) is 10.2. The van der Waals surface area contributed by atoms with Crippen LogP contribution in [0.3, 0.4) is 0 Å². The number of rotatable bonds is 5. The molecule has 5 heteroatoms. The number of hydrogen-bond donors (Lipinski definition) is 3. The van der Waals surface area contributed by atoms with Crippen molar-refractivity contribution in [2.45, 2.75) is 13.0 Å². The number of anilines is 1. The molecule has 2 aromatic rings. The average molecular weight is 349 g/mol. The number of amides is 2. The van der Waals surface area contributed by atoms with Gasteiger partial charge in [-0.2, -0.15) is 0 Å². The number of aliphatic hydroxyl groups excluding tert-OH is 1. The van der Waals surface area contributed by atoms with Gasteiger partial charge in [0.15, 0.2) is 0 Å². The Morgan fingerprint density at radius 1 is 1.10 bits per heavy atom. The molecule has 110 valence electrons. The number of halogens is 1. The lowest BCUT2D eigenvalue weighted by Crippen LogP contribution is -2.30. The fourth-order valence-electron chi connectivity index (χ4n) is 1.87. The second kappa shape index (κ2) is 7.81. The van der Waals surface area contributed by atoms with Crippen LogP contribution in [0.1, 0.15) is 11.1 Å². The minimum absolute atomic E-state index is 0.0492. The minimum atomic E-state index is -0.222. The van der Waals surface area contributed by atoms with Crippen LogP contribution in [-0.4, -0.2) is 17.7 Å². The summed E-state index contributed by atoms with van der Waals surface area (Å²) in [6, 6.07) is 14.9. The number of nitrogens with one attached hydrogen (secondary N) is 2. The predicted octanol–water partition coefficient (Wildman–Crippen LogP) is 3.31. The second-order valence-corrected chi connectivity index (χ2v) is 5.53. The van der Waals surface area contributed by atoms with Crippen molar-refractivity contribution in [3.63, 3.8) is 0 Å². The first kappa shape index (κ1) is 15.5. The van der Waals surface area contributed by atoms with Gasteiger partial charge in [-0.25, -0.2) is 4.79 Å². The van der Waals surface area contributed by atoms with E-state index < -0.39 is 0 Å². The van der Waals surface area contributed by atoms with E-state index in [1.54, 1.807) is 0 Å². The van der Waals surface area contributed by atoms with Crippen LogP contribution in [0.5, 0.6) is 0 Å². The molecule has 0 aliphatic rings. The third kappa shape index (κ3) is 5.21. The summed E-state index contributed by atoms with van der Waals surface area (Å²) in [7, 11) is 0. The van der Waals surface area contributed by atoms with Crippen molar-refractivity contribution in [3.8, 4) is 0 Å². The SMILES string of the molecule is O=C(NCCc1ccc(CO)cc1)Nc1cccc(Br)c1. The van der Waals surface area contributed by atoms with E-state index in [-0.39, 0.29) is 12.6 Å². The summed E-state index contributed by atoms with van der Waals surface area (Å²) >= 11 is 3.36. The molecule has 0 radical (unpaired) electrons. The quantitative estimate of drug-likeness (QED) is 0.776. The Labute approximate surface area is 132 Å². The Morgan fingerprint density at radius 3 is 2.48 bits per heavy atom. The average Bonchev–Trinajstić information content (AvgIpc) is 2.48. The van der Waals surface area contributed by atoms with E-state index in [0.717, 1.165) is 27.7 Å². The van der Waals surface area contributed by atoms with Crippen LogP contribution in [-0.2, 0) is 13.0 Å². The summed E-state index contributed by atoms with van der Waals surface area (Å²) in [4.78, 5) is 11.7. The minimum Gasteiger partial charge on any atom is -0.392 e. The van der Waals surface area contributed by atoms with Gasteiger partial charge in [0.05, 0.1) is 6.61 Å². The molecule has 0 atom stereocenters. The zero-order valence-corrected chi connectivity index (χ0v) is 13.1. The summed E-state index contributed by atoms with van der Waals surface area (Å²) in [6.07, 6.45) is 0.748. The molecule has 0 saturated carbocycles. The van der Waals surface area contributed by atoms with Crippen LogP contribution < -0.4 is 10.6 Å². The first-order valence-corrected chi connectivity index (χ1v) is 7.46. The van der Waals surface area contributed by atoms with E-state index >= 15 is 0 Å². The number of carbonyl (C=O) groups is 1. The molecule has 0 fully saturated rings. The zero-order valence-electron chi connectivity index (χ0n) is 11.5. The largest absolute Gasteiger partial charge is 0.392 e. The molecular formula is C16H17BrN2O2. The van der Waals surface area contributed by atoms with Gasteiger partial charge in [0.25, 0.3) is 0 Å². The van der Waals surface area contributed by atoms with Crippen LogP contribution in [0.4, 0.5) is 10.5 Å². The van der Waals surface area contributed by atoms with Crippen LogP contribution in [0.2, 0.25) is 0 Å². The van der Waals surface area contributed by atoms with Crippen molar-refractivity contribution < 1.29 is 9.90 Å². The standard InChI is InChI=1S/C16H17BrN2O2/c17-14-2-1-3-15(10-14)19-16(21)18-9-8-12-4-6-13(11-20)7-5-12/h1-7,10,20H,8-9,11H2,(H2,18,19,21). The molecule has 0 spiro atoms. The van der Waals surface area contributed by atoms with Gasteiger partial charge in [-0.15, -0.1) is 0 Å². The lowest BCUT2D eigenvalue weighted by molar-refractivity contribution is 0.252. The lowest BCUT2D eigenvalue weighted by Gasteiger charge is -2.08. The first-order chi connectivity index (χ1) is 10.2. The summed E-state index contributed by atoms with van der Waals surface area (Å²) in [5, 5.41) is 14.6. The molecule has 2 amide bonds. The number of aliphatic hydroxyl groups is 1. The molecule has 0 unspecified atom stereocenters. The van der Waals surface area contributed by atoms with Gasteiger partial charge >= 0.3 is 6.03 Å². The molecule has 0 aliphatic heterocycles. The molecule has 2 aromatic carbocycles. The topological polar surface area (TPSA) is 61.4 Å². The van der Waals surface area contributed by atoms with Crippen LogP contribution in [0.25, 0.3) is 0 Å². The predicted molar refractivity (Wildman–Crippen MR) is 87.2 cm³/mol. The fraction of sp³-hybridized carbons (Fsp3) is 0.188. The van der Waals surface area contributed by atoms with Gasteiger partial charge in [0.2, 0.25) is 0 Å². The molecule has 0 heterocycles. The fourth-order valence-corrected chi connectivity index (χ4v) is 2.27. The van der Waals surface area contributed by atoms with Crippen molar-refractivity contribution in [2.24, 2.45) is 0 Å². The maximum atomic E-state index is 11.7. The van der Waals surface area contributed by atoms with Crippen LogP contribution in [0, 0.1) is 0 Å². The summed E-state index contributed by atoms with van der Waals surface area (Å²) in [5.41, 5.74) is 2.75. The third-order valence-electron chi connectivity index (χ3n) is 2.99. The van der Waals surface area contributed by atoms with Gasteiger partial charge in [-0.05, 0) is 35.7 Å². The van der Waals surface area contributed by atoms with E-state index in [1.165, 1.54) is 0 Å². The van der Waals surface area contributed by atoms with Crippen molar-refractivity contribution in [2.75, 3.05) is 11.9 Å². The maximum absolute atomic E-state index is 11.7. The third-order valence-corrected chi connectivity index (χ3v) is 3.48. The summed E-state index contributed by atoms with van der Waals surface area (Å²) in [6.45, 7) is 0.603. The molecule has 3 N–H and O–H groups in total. The van der Waals surface area contributed by atoms with Gasteiger partial charge < -0.3 is 15.7 Å². The Balaban J connectivity index is 1.76. The monoisotopic (exact) mass is 348 g/mol. The maximum Gasteiger partial charge on any atom is 0.319 e. The van der Waals surface area contributed by atoms with E-state index in [4.69, 9.17) is 5.11 Å². The van der Waals surface area contributed by atoms with E-state index in [2.05, 4.69) is 26.6 Å². The number of hydrogen-bond acceptors (Lipinski definition) is 2. The Kier molecular flexibility index (Phi) is 5.78. The zero-order chi connectivity index (χ0) is 15.1. The molecule has 0 aromatic heterocycles. The number of benzene rings is 2. The van der Waals surface area contributed by atoms with Crippen molar-refractivity contribution in [3.05, 3.63) is 64.1 Å². The molecule has 2 rings (SSSR count). The summed E-state index contributed by atoms with van der Waals surface area (Å²) in [5.74, 6) is 0. The Morgan fingerprint density at radius 2 is 1.81 bits per heavy atom. The molecule has 21 heavy (non-hydrogen) atoms. The highest BCUT2D eigenvalue weighted by Crippen LogP contribution is 2.15. The van der Waals surface area contributed by atoms with Gasteiger partial charge in [0, 0.05) is 16.7 Å². The highest BCUT2D eigenvalue weighted by Gasteiger charge is 2.01. The second-order valence-electron chi connectivity index (χ2n) is 4.62. The van der Waals surface area contributed by atoms with E-state index in [0.29, 0.717) is 6.54 Å². The molecule has 0 saturated heterocycles. The molecular weight excluding hydrogens is 332 g/mol. The van der Waals surface area contributed by atoms with Gasteiger partial charge in [-0.1, -0.05) is 46.3 Å². The molecule has 4 nitrogen and oxygen atoms in total. The van der Waals surface area contributed by atoms with Crippen molar-refractivity contribution >= 4 is 27.6 Å². The van der Waals surface area contributed by atoms with Crippen molar-refractivity contribution in [1.82, 2.24) is 5.32 Å². The molecule has 0 bridgehead atoms. The van der Waals surface area contributed by atoms with Crippen LogP contribution in [0.15, 0.2) is 53.0 Å². The smallest absolute Gasteiger partial charge is 0.319 e. The number of urea groups is 1.